The van der Waals surface area contributed by atoms with E-state index in [2.05, 4.69) is 4.98 Å². The Kier molecular flexibility index (Phi) is 1.48. The molecule has 0 aliphatic heterocycles. The third kappa shape index (κ3) is 0.896. The minimum Gasteiger partial charge on any atom is -0.393 e. The number of nitrogens with zero attached hydrogens (tertiary/aromatic N) is 1. The molecule has 5 heteroatoms. The SMILES string of the molecule is Nc1c(F)ncc(F)c1F. The lowest BCUT2D eigenvalue weighted by molar-refractivity contribution is 0.485. The minimum atomic E-state index is -1.40. The lowest BCUT2D eigenvalue weighted by atomic mass is 10.4. The molecule has 1 aromatic heterocycles. The lowest BCUT2D eigenvalue weighted by Crippen LogP contribution is -2.00. The van der Waals surface area contributed by atoms with Crippen molar-refractivity contribution in [1.82, 2.24) is 4.98 Å². The summed E-state index contributed by atoms with van der Waals surface area (Å²) in [6, 6.07) is 0. The number of nitrogens with two attached hydrogens (primary N) is 1. The molecule has 2 nitrogen and oxygen atoms in total. The summed E-state index contributed by atoms with van der Waals surface area (Å²) in [5.41, 5.74) is 3.84. The summed E-state index contributed by atoms with van der Waals surface area (Å²) in [4.78, 5) is 2.83. The van der Waals surface area contributed by atoms with Gasteiger partial charge in [0.25, 0.3) is 0 Å². The van der Waals surface area contributed by atoms with Gasteiger partial charge in [0.15, 0.2) is 11.6 Å². The van der Waals surface area contributed by atoms with Crippen LogP contribution in [-0.2, 0) is 0 Å². The van der Waals surface area contributed by atoms with E-state index in [1.165, 1.54) is 0 Å². The van der Waals surface area contributed by atoms with Crippen molar-refractivity contribution < 1.29 is 13.2 Å². The van der Waals surface area contributed by atoms with Crippen molar-refractivity contribution in [2.45, 2.75) is 0 Å². The Balaban J connectivity index is 3.34. The lowest BCUT2D eigenvalue weighted by Gasteiger charge is -1.96. The topological polar surface area (TPSA) is 38.9 Å². The van der Waals surface area contributed by atoms with Gasteiger partial charge in [-0.15, -0.1) is 0 Å². The number of pyridine rings is 1. The van der Waals surface area contributed by atoms with Crippen LogP contribution in [0.1, 0.15) is 0 Å². The van der Waals surface area contributed by atoms with Crippen molar-refractivity contribution in [3.05, 3.63) is 23.8 Å². The van der Waals surface area contributed by atoms with Gasteiger partial charge in [-0.1, -0.05) is 0 Å². The van der Waals surface area contributed by atoms with Crippen LogP contribution in [0.15, 0.2) is 6.20 Å². The third-order valence-corrected chi connectivity index (χ3v) is 0.960. The van der Waals surface area contributed by atoms with Crippen LogP contribution in [0.3, 0.4) is 0 Å². The average molecular weight is 148 g/mol. The van der Waals surface area contributed by atoms with Crippen LogP contribution in [0, 0.1) is 17.6 Å². The Labute approximate surface area is 54.5 Å². The number of nitrogen functional groups attached to an aromatic ring is 1. The van der Waals surface area contributed by atoms with E-state index in [1.54, 1.807) is 0 Å². The van der Waals surface area contributed by atoms with Crippen LogP contribution in [0.25, 0.3) is 0 Å². The molecule has 0 aromatic carbocycles. The molecule has 0 atom stereocenters. The van der Waals surface area contributed by atoms with Gasteiger partial charge in [0.05, 0.1) is 6.20 Å². The summed E-state index contributed by atoms with van der Waals surface area (Å²) in [5, 5.41) is 0. The fourth-order valence-electron chi connectivity index (χ4n) is 0.459. The highest BCUT2D eigenvalue weighted by Gasteiger charge is 2.10. The van der Waals surface area contributed by atoms with E-state index < -0.39 is 23.3 Å². The molecule has 2 N–H and O–H groups in total. The Morgan fingerprint density at radius 2 is 1.90 bits per heavy atom. The molecule has 0 fully saturated rings. The summed E-state index contributed by atoms with van der Waals surface area (Å²) in [5.74, 6) is -3.84. The van der Waals surface area contributed by atoms with Crippen molar-refractivity contribution >= 4 is 5.69 Å². The standard InChI is InChI=1S/C5H3F3N2/c6-2-1-10-5(8)4(9)3(2)7/h1H,9H2. The van der Waals surface area contributed by atoms with E-state index in [4.69, 9.17) is 5.73 Å². The van der Waals surface area contributed by atoms with Crippen LogP contribution in [0.4, 0.5) is 18.9 Å². The molecule has 1 heterocycles. The average Bonchev–Trinajstić information content (AvgIpc) is 1.93. The van der Waals surface area contributed by atoms with Gasteiger partial charge in [-0.25, -0.2) is 13.8 Å². The Hall–Kier alpha value is -1.26. The Morgan fingerprint density at radius 1 is 1.30 bits per heavy atom. The molecular weight excluding hydrogens is 145 g/mol. The molecular formula is C5H3F3N2. The second kappa shape index (κ2) is 2.17. The molecule has 0 spiro atoms. The summed E-state index contributed by atoms with van der Waals surface area (Å²) >= 11 is 0. The number of hydrogen-bond acceptors (Lipinski definition) is 2. The highest BCUT2D eigenvalue weighted by molar-refractivity contribution is 5.37. The van der Waals surface area contributed by atoms with Crippen molar-refractivity contribution in [1.29, 1.82) is 0 Å². The van der Waals surface area contributed by atoms with Crippen LogP contribution >= 0.6 is 0 Å². The highest BCUT2D eigenvalue weighted by atomic mass is 19.2. The zero-order chi connectivity index (χ0) is 7.72. The Morgan fingerprint density at radius 3 is 2.40 bits per heavy atom. The summed E-state index contributed by atoms with van der Waals surface area (Å²) in [6.07, 6.45) is 0.432. The maximum atomic E-state index is 12.2. The van der Waals surface area contributed by atoms with E-state index in [1.807, 2.05) is 0 Å². The number of rotatable bonds is 0. The van der Waals surface area contributed by atoms with Gasteiger partial charge in [-0.2, -0.15) is 4.39 Å². The molecule has 0 radical (unpaired) electrons. The van der Waals surface area contributed by atoms with Gasteiger partial charge < -0.3 is 5.73 Å². The van der Waals surface area contributed by atoms with Gasteiger partial charge in [0.1, 0.15) is 5.69 Å². The van der Waals surface area contributed by atoms with Crippen molar-refractivity contribution in [2.75, 3.05) is 5.73 Å². The van der Waals surface area contributed by atoms with Crippen LogP contribution < -0.4 is 5.73 Å². The monoisotopic (exact) mass is 148 g/mol. The van der Waals surface area contributed by atoms with Crippen molar-refractivity contribution in [3.63, 3.8) is 0 Å². The quantitative estimate of drug-likeness (QED) is 0.559. The van der Waals surface area contributed by atoms with E-state index >= 15 is 0 Å². The molecule has 1 aromatic rings. The van der Waals surface area contributed by atoms with Crippen LogP contribution in [0.2, 0.25) is 0 Å². The molecule has 0 saturated carbocycles. The van der Waals surface area contributed by atoms with E-state index in [9.17, 15) is 13.2 Å². The second-order valence-corrected chi connectivity index (χ2v) is 1.62. The van der Waals surface area contributed by atoms with Gasteiger partial charge in [-0.05, 0) is 0 Å². The summed E-state index contributed by atoms with van der Waals surface area (Å²) in [7, 11) is 0. The first-order valence-corrected chi connectivity index (χ1v) is 2.38. The largest absolute Gasteiger partial charge is 0.393 e. The first kappa shape index (κ1) is 6.85. The number of halogens is 3. The van der Waals surface area contributed by atoms with Gasteiger partial charge in [-0.3, -0.25) is 0 Å². The molecule has 0 aliphatic carbocycles. The molecule has 0 saturated heterocycles. The van der Waals surface area contributed by atoms with Gasteiger partial charge >= 0.3 is 0 Å². The second-order valence-electron chi connectivity index (χ2n) is 1.62. The molecule has 1 rings (SSSR count). The third-order valence-electron chi connectivity index (χ3n) is 0.960. The molecule has 0 unspecified atom stereocenters. The number of anilines is 1. The minimum absolute atomic E-state index is 0.432. The molecule has 0 amide bonds. The van der Waals surface area contributed by atoms with E-state index in [-0.39, 0.29) is 0 Å². The predicted molar refractivity (Wildman–Crippen MR) is 28.5 cm³/mol. The normalized spacial score (nSPS) is 9.90. The van der Waals surface area contributed by atoms with Crippen molar-refractivity contribution in [3.8, 4) is 0 Å². The molecule has 54 valence electrons. The zero-order valence-corrected chi connectivity index (χ0v) is 4.74. The van der Waals surface area contributed by atoms with Crippen LogP contribution in [0.5, 0.6) is 0 Å². The molecule has 0 aliphatic rings. The first-order chi connectivity index (χ1) is 4.63. The zero-order valence-electron chi connectivity index (χ0n) is 4.74. The number of hydrogen-bond donors (Lipinski definition) is 1. The highest BCUT2D eigenvalue weighted by Crippen LogP contribution is 2.14. The van der Waals surface area contributed by atoms with Crippen molar-refractivity contribution in [2.24, 2.45) is 0 Å². The smallest absolute Gasteiger partial charge is 0.239 e. The van der Waals surface area contributed by atoms with E-state index in [0.717, 1.165) is 0 Å². The van der Waals surface area contributed by atoms with Crippen LogP contribution in [-0.4, -0.2) is 4.98 Å². The fraction of sp³-hybridized carbons (Fsp3) is 0. The van der Waals surface area contributed by atoms with E-state index in [0.29, 0.717) is 6.20 Å². The molecule has 0 bridgehead atoms. The predicted octanol–water partition coefficient (Wildman–Crippen LogP) is 1.08. The maximum Gasteiger partial charge on any atom is 0.239 e. The Bertz CT molecular complexity index is 234. The van der Waals surface area contributed by atoms with Gasteiger partial charge in [0.2, 0.25) is 5.95 Å². The maximum absolute atomic E-state index is 12.2. The number of aromatic nitrogens is 1. The summed E-state index contributed by atoms with van der Waals surface area (Å²) < 4.78 is 36.4. The fourth-order valence-corrected chi connectivity index (χ4v) is 0.459. The van der Waals surface area contributed by atoms with Gasteiger partial charge in [0, 0.05) is 0 Å². The summed E-state index contributed by atoms with van der Waals surface area (Å²) in [6.45, 7) is 0. The first-order valence-electron chi connectivity index (χ1n) is 2.38. The molecule has 10 heavy (non-hydrogen) atoms.